The summed E-state index contributed by atoms with van der Waals surface area (Å²) in [4.78, 5) is 79.5. The summed E-state index contributed by atoms with van der Waals surface area (Å²) >= 11 is 0. The van der Waals surface area contributed by atoms with Crippen LogP contribution in [0.15, 0.2) is 71.1 Å². The predicted octanol–water partition coefficient (Wildman–Crippen LogP) is 1.08. The van der Waals surface area contributed by atoms with Gasteiger partial charge in [0, 0.05) is 43.7 Å². The van der Waals surface area contributed by atoms with Crippen molar-refractivity contribution < 1.29 is 42.3 Å². The van der Waals surface area contributed by atoms with Gasteiger partial charge in [-0.2, -0.15) is 4.31 Å². The SMILES string of the molecule is C=CCC(CC)CCC(=O)NCCCC(=O)Nc1cc(N=C(N)N)cc(C(=O)NCC(=O)NCC(NC(=O)C2CCCN2S(=O)(=O)c2ccccc2)C(=O)O)c1. The molecule has 0 bridgehead atoms. The summed E-state index contributed by atoms with van der Waals surface area (Å²) in [5.41, 5.74) is 11.3. The summed E-state index contributed by atoms with van der Waals surface area (Å²) in [7, 11) is -4.02. The van der Waals surface area contributed by atoms with Gasteiger partial charge in [-0.15, -0.1) is 6.58 Å². The minimum Gasteiger partial charge on any atom is -0.480 e. The van der Waals surface area contributed by atoms with Crippen molar-refractivity contribution in [2.45, 2.75) is 75.3 Å². The van der Waals surface area contributed by atoms with Crippen molar-refractivity contribution in [3.8, 4) is 0 Å². The maximum absolute atomic E-state index is 13.2. The average Bonchev–Trinajstić information content (AvgIpc) is 3.67. The van der Waals surface area contributed by atoms with Crippen LogP contribution < -0.4 is 38.1 Å². The Bertz CT molecular complexity index is 1870. The number of carboxylic acids is 1. The Morgan fingerprint density at radius 1 is 1.00 bits per heavy atom. The lowest BCUT2D eigenvalue weighted by Crippen LogP contribution is -2.54. The van der Waals surface area contributed by atoms with E-state index in [0.717, 1.165) is 23.6 Å². The molecule has 1 aliphatic heterocycles. The van der Waals surface area contributed by atoms with Crippen molar-refractivity contribution in [1.29, 1.82) is 0 Å². The van der Waals surface area contributed by atoms with E-state index in [0.29, 0.717) is 31.7 Å². The number of nitrogens with two attached hydrogens (primary N) is 2. The zero-order valence-electron chi connectivity index (χ0n) is 31.3. The highest BCUT2D eigenvalue weighted by atomic mass is 32.2. The monoisotopic (exact) mass is 797 g/mol. The first-order valence-electron chi connectivity index (χ1n) is 18.2. The number of sulfonamides is 1. The molecule has 56 heavy (non-hydrogen) atoms. The molecule has 3 unspecified atom stereocenters. The first-order chi connectivity index (χ1) is 26.6. The lowest BCUT2D eigenvalue weighted by atomic mass is 9.96. The highest BCUT2D eigenvalue weighted by molar-refractivity contribution is 7.89. The maximum Gasteiger partial charge on any atom is 0.328 e. The van der Waals surface area contributed by atoms with E-state index in [1.165, 1.54) is 30.3 Å². The van der Waals surface area contributed by atoms with Gasteiger partial charge >= 0.3 is 5.97 Å². The Labute approximate surface area is 326 Å². The van der Waals surface area contributed by atoms with Crippen LogP contribution in [-0.4, -0.2) is 97.6 Å². The fourth-order valence-electron chi connectivity index (χ4n) is 5.90. The van der Waals surface area contributed by atoms with Crippen molar-refractivity contribution in [2.75, 3.05) is 31.5 Å². The fourth-order valence-corrected chi connectivity index (χ4v) is 7.58. The number of hydrogen-bond donors (Lipinski definition) is 8. The fraction of sp³-hybridized carbons (Fsp3) is 0.432. The molecule has 0 aromatic heterocycles. The van der Waals surface area contributed by atoms with Crippen molar-refractivity contribution in [2.24, 2.45) is 22.4 Å². The van der Waals surface area contributed by atoms with Gasteiger partial charge in [0.25, 0.3) is 5.91 Å². The summed E-state index contributed by atoms with van der Waals surface area (Å²) < 4.78 is 27.3. The van der Waals surface area contributed by atoms with Gasteiger partial charge in [0.1, 0.15) is 12.1 Å². The van der Waals surface area contributed by atoms with E-state index in [-0.39, 0.29) is 53.1 Å². The van der Waals surface area contributed by atoms with Crippen LogP contribution in [0.5, 0.6) is 0 Å². The standard InChI is InChI=1S/C37H51N9O9S/c1-3-10-24(4-2)15-16-31(47)40-17-8-14-32(48)43-26-19-25(20-27(21-26)44-37(38)39)34(50)42-23-33(49)41-22-29(36(52)53)45-35(51)30-13-9-18-46(30)56(54,55)28-11-6-5-7-12-28/h3,5-7,11-12,19-21,24,29-30H,1,4,8-10,13-18,22-23H2,2H3,(H,40,47)(H,41,49)(H,42,50)(H,43,48)(H,45,51)(H,52,53)(H4,38,39,44). The largest absolute Gasteiger partial charge is 0.480 e. The molecule has 2 aromatic rings. The van der Waals surface area contributed by atoms with Gasteiger partial charge in [-0.1, -0.05) is 37.6 Å². The topological polar surface area (TPSA) is 285 Å². The van der Waals surface area contributed by atoms with Crippen LogP contribution in [0.4, 0.5) is 11.4 Å². The van der Waals surface area contributed by atoms with E-state index < -0.39 is 64.8 Å². The first kappa shape index (κ1) is 44.6. The molecule has 1 aliphatic rings. The molecule has 18 nitrogen and oxygen atoms in total. The summed E-state index contributed by atoms with van der Waals surface area (Å²) in [6.07, 6.45) is 5.76. The Morgan fingerprint density at radius 3 is 2.39 bits per heavy atom. The molecule has 0 aliphatic carbocycles. The van der Waals surface area contributed by atoms with Crippen molar-refractivity contribution in [1.82, 2.24) is 25.6 Å². The van der Waals surface area contributed by atoms with Crippen LogP contribution in [0.2, 0.25) is 0 Å². The first-order valence-corrected chi connectivity index (χ1v) is 19.7. The Morgan fingerprint density at radius 2 is 1.73 bits per heavy atom. The summed E-state index contributed by atoms with van der Waals surface area (Å²) in [5, 5.41) is 22.2. The summed E-state index contributed by atoms with van der Waals surface area (Å²) in [5.74, 6) is -4.28. The van der Waals surface area contributed by atoms with E-state index in [1.54, 1.807) is 18.2 Å². The lowest BCUT2D eigenvalue weighted by Gasteiger charge is -2.25. The number of hydrogen-bond acceptors (Lipinski definition) is 9. The highest BCUT2D eigenvalue weighted by Crippen LogP contribution is 2.26. The van der Waals surface area contributed by atoms with Gasteiger partial charge in [-0.25, -0.2) is 18.2 Å². The number of nitrogens with one attached hydrogen (secondary N) is 5. The van der Waals surface area contributed by atoms with Crippen LogP contribution in [0.3, 0.4) is 0 Å². The number of carbonyl (C=O) groups excluding carboxylic acids is 5. The zero-order chi connectivity index (χ0) is 41.3. The van der Waals surface area contributed by atoms with Crippen LogP contribution in [0.25, 0.3) is 0 Å². The van der Waals surface area contributed by atoms with Crippen LogP contribution in [0, 0.1) is 5.92 Å². The molecular weight excluding hydrogens is 747 g/mol. The predicted molar refractivity (Wildman–Crippen MR) is 209 cm³/mol. The minimum atomic E-state index is -4.02. The molecule has 3 rings (SSSR count). The van der Waals surface area contributed by atoms with Gasteiger partial charge in [-0.3, -0.25) is 24.0 Å². The maximum atomic E-state index is 13.2. The smallest absolute Gasteiger partial charge is 0.328 e. The number of anilines is 1. The summed E-state index contributed by atoms with van der Waals surface area (Å²) in [6, 6.07) is 8.88. The number of rotatable bonds is 22. The molecule has 0 saturated carbocycles. The van der Waals surface area contributed by atoms with E-state index in [2.05, 4.69) is 45.1 Å². The van der Waals surface area contributed by atoms with Crippen molar-refractivity contribution in [3.05, 3.63) is 66.7 Å². The van der Waals surface area contributed by atoms with Gasteiger partial charge in [0.2, 0.25) is 33.7 Å². The van der Waals surface area contributed by atoms with Crippen molar-refractivity contribution in [3.63, 3.8) is 0 Å². The average molecular weight is 798 g/mol. The van der Waals surface area contributed by atoms with Crippen LogP contribution >= 0.6 is 0 Å². The summed E-state index contributed by atoms with van der Waals surface area (Å²) in [6.45, 7) is 5.02. The Kier molecular flexibility index (Phi) is 17.4. The Hall–Kier alpha value is -5.82. The second-order valence-electron chi connectivity index (χ2n) is 13.1. The van der Waals surface area contributed by atoms with Crippen molar-refractivity contribution >= 4 is 62.9 Å². The molecule has 1 fully saturated rings. The molecule has 0 radical (unpaired) electrons. The van der Waals surface area contributed by atoms with Gasteiger partial charge in [0.15, 0.2) is 5.96 Å². The third-order valence-corrected chi connectivity index (χ3v) is 10.8. The zero-order valence-corrected chi connectivity index (χ0v) is 32.1. The molecule has 3 atom stereocenters. The molecule has 5 amide bonds. The van der Waals surface area contributed by atoms with E-state index in [1.807, 2.05) is 6.08 Å². The molecule has 10 N–H and O–H groups in total. The van der Waals surface area contributed by atoms with Crippen LogP contribution in [0.1, 0.15) is 68.6 Å². The lowest BCUT2D eigenvalue weighted by molar-refractivity contribution is -0.142. The third-order valence-electron chi connectivity index (χ3n) is 8.87. The normalized spacial score (nSPS) is 15.1. The highest BCUT2D eigenvalue weighted by Gasteiger charge is 2.40. The third kappa shape index (κ3) is 14.1. The minimum absolute atomic E-state index is 0.00223. The number of amides is 5. The number of benzene rings is 2. The number of carboxylic acid groups (broad SMARTS) is 1. The number of guanidine groups is 1. The van der Waals surface area contributed by atoms with E-state index >= 15 is 0 Å². The molecule has 304 valence electrons. The van der Waals surface area contributed by atoms with Crippen LogP contribution in [-0.2, 0) is 34.0 Å². The number of allylic oxidation sites excluding steroid dienone is 1. The van der Waals surface area contributed by atoms with E-state index in [9.17, 15) is 42.3 Å². The molecule has 0 spiro atoms. The van der Waals surface area contributed by atoms with Gasteiger partial charge < -0.3 is 43.2 Å². The number of aliphatic carboxylic acids is 1. The molecule has 19 heteroatoms. The molecule has 1 saturated heterocycles. The second-order valence-corrected chi connectivity index (χ2v) is 15.0. The van der Waals surface area contributed by atoms with Gasteiger partial charge in [0.05, 0.1) is 17.1 Å². The Balaban J connectivity index is 1.52. The molecule has 1 heterocycles. The van der Waals surface area contributed by atoms with E-state index in [4.69, 9.17) is 11.5 Å². The van der Waals surface area contributed by atoms with Gasteiger partial charge in [-0.05, 0) is 68.4 Å². The number of aliphatic imine (C=N–C) groups is 1. The number of carbonyl (C=O) groups is 6. The molecule has 2 aromatic carbocycles. The number of nitrogens with zero attached hydrogens (tertiary/aromatic N) is 2. The second kappa shape index (κ2) is 21.9. The quantitative estimate of drug-likeness (QED) is 0.0361. The molecular formula is C37H51N9O9S.